The van der Waals surface area contributed by atoms with Crippen molar-refractivity contribution in [1.29, 1.82) is 5.26 Å². The summed E-state index contributed by atoms with van der Waals surface area (Å²) in [7, 11) is -1.94. The van der Waals surface area contributed by atoms with Gasteiger partial charge in [0, 0.05) is 28.3 Å². The summed E-state index contributed by atoms with van der Waals surface area (Å²) in [4.78, 5) is 4.89. The van der Waals surface area contributed by atoms with Crippen LogP contribution in [-0.2, 0) is 19.2 Å². The van der Waals surface area contributed by atoms with Gasteiger partial charge in [-0.2, -0.15) is 21.4 Å². The molecule has 4 aromatic carbocycles. The van der Waals surface area contributed by atoms with E-state index in [1.165, 1.54) is 58.9 Å². The molecule has 2 heterocycles. The summed E-state index contributed by atoms with van der Waals surface area (Å²) in [5, 5.41) is 17.2. The lowest BCUT2D eigenvalue weighted by Gasteiger charge is -2.09. The summed E-state index contributed by atoms with van der Waals surface area (Å²) in [6.07, 6.45) is -1.63. The molecule has 0 radical (unpaired) electrons. The number of hydrogen-bond acceptors (Lipinski definition) is 10. The molecule has 0 aliphatic carbocycles. The van der Waals surface area contributed by atoms with E-state index in [0.29, 0.717) is 38.8 Å². The van der Waals surface area contributed by atoms with E-state index in [9.17, 15) is 26.0 Å². The number of nitrogens with two attached hydrogens (primary N) is 1. The summed E-state index contributed by atoms with van der Waals surface area (Å²) < 4.78 is 88.9. The molecule has 2 N–H and O–H groups in total. The summed E-state index contributed by atoms with van der Waals surface area (Å²) in [5.41, 5.74) is 2.89. The van der Waals surface area contributed by atoms with Gasteiger partial charge in [-0.15, -0.1) is 9.32 Å². The fourth-order valence-corrected chi connectivity index (χ4v) is 5.72. The van der Waals surface area contributed by atoms with Gasteiger partial charge < -0.3 is 4.74 Å². The van der Waals surface area contributed by atoms with Gasteiger partial charge in [0.05, 0.1) is 46.8 Å². The van der Waals surface area contributed by atoms with Crippen LogP contribution in [0, 0.1) is 23.0 Å². The van der Waals surface area contributed by atoms with Crippen molar-refractivity contribution in [1.82, 2.24) is 19.6 Å². The van der Waals surface area contributed by atoms with Gasteiger partial charge in [-0.05, 0) is 84.9 Å². The second-order valence-corrected chi connectivity index (χ2v) is 13.3. The maximum Gasteiger partial charge on any atom is 0.282 e. The zero-order chi connectivity index (χ0) is 36.7. The fourth-order valence-electron chi connectivity index (χ4n) is 4.73. The van der Waals surface area contributed by atoms with Crippen molar-refractivity contribution >= 4 is 21.9 Å². The van der Waals surface area contributed by atoms with E-state index in [1.807, 2.05) is 6.07 Å². The van der Waals surface area contributed by atoms with Crippen LogP contribution in [0.1, 0.15) is 17.8 Å². The molecular formula is C34H27F5N6O5S2. The molecule has 0 spiro atoms. The number of rotatable bonds is 10. The normalized spacial score (nSPS) is 11.0. The molecule has 2 aromatic heterocycles. The van der Waals surface area contributed by atoms with E-state index in [1.54, 1.807) is 60.7 Å². The smallest absolute Gasteiger partial charge is 0.282 e. The largest absolute Gasteiger partial charge is 0.494 e. The van der Waals surface area contributed by atoms with Crippen LogP contribution in [0.5, 0.6) is 5.75 Å². The second-order valence-electron chi connectivity index (χ2n) is 10.5. The second kappa shape index (κ2) is 17.1. The monoisotopic (exact) mass is 758 g/mol. The molecule has 0 saturated heterocycles. The Morgan fingerprint density at radius 2 is 1.40 bits per heavy atom. The Kier molecular flexibility index (Phi) is 12.9. The Bertz CT molecular complexity index is 2280. The predicted molar refractivity (Wildman–Crippen MR) is 182 cm³/mol. The maximum absolute atomic E-state index is 14.1. The average Bonchev–Trinajstić information content (AvgIpc) is 3.77. The Labute approximate surface area is 298 Å². The molecule has 0 unspecified atom stereocenters. The number of ether oxygens (including phenoxy) is 1. The SMILES string of the molecule is COc1ccc(-c2cc(C(F)F)nn2-c2ccc(SOON)cc2)cc1F.CS(=O)(=O)c1ccc(-c2cc(C#N)nn2-c2ccc(F)cc2)cc1.F. The van der Waals surface area contributed by atoms with Gasteiger partial charge in [-0.1, -0.05) is 12.1 Å². The number of nitriles is 1. The van der Waals surface area contributed by atoms with Crippen LogP contribution in [0.25, 0.3) is 33.9 Å². The third-order valence-electron chi connectivity index (χ3n) is 7.12. The van der Waals surface area contributed by atoms with Gasteiger partial charge in [0.15, 0.2) is 27.1 Å². The molecule has 0 fully saturated rings. The number of methoxy groups -OCH3 is 1. The Balaban J connectivity index is 0.000000230. The number of nitrogens with zero attached hydrogens (tertiary/aromatic N) is 5. The first-order valence-electron chi connectivity index (χ1n) is 14.5. The molecule has 11 nitrogen and oxygen atoms in total. The molecule has 0 atom stereocenters. The lowest BCUT2D eigenvalue weighted by atomic mass is 10.1. The number of halogens is 5. The minimum absolute atomic E-state index is 0. The third-order valence-corrected chi connectivity index (χ3v) is 8.86. The van der Waals surface area contributed by atoms with Crippen molar-refractivity contribution in [3.05, 3.63) is 126 Å². The zero-order valence-corrected chi connectivity index (χ0v) is 28.6. The Morgan fingerprint density at radius 1 is 0.827 bits per heavy atom. The molecule has 18 heteroatoms. The van der Waals surface area contributed by atoms with Crippen molar-refractivity contribution in [3.63, 3.8) is 0 Å². The number of sulfone groups is 1. The first-order chi connectivity index (χ1) is 24.4. The van der Waals surface area contributed by atoms with E-state index in [-0.39, 0.29) is 26.9 Å². The van der Waals surface area contributed by atoms with Gasteiger partial charge in [0.2, 0.25) is 0 Å². The van der Waals surface area contributed by atoms with Crippen molar-refractivity contribution in [3.8, 4) is 45.7 Å². The molecule has 52 heavy (non-hydrogen) atoms. The van der Waals surface area contributed by atoms with Crippen LogP contribution in [0.4, 0.5) is 22.3 Å². The topological polar surface area (TPSA) is 147 Å². The molecule has 0 aliphatic heterocycles. The minimum atomic E-state index is -3.28. The van der Waals surface area contributed by atoms with Gasteiger partial charge in [-0.3, -0.25) is 4.70 Å². The van der Waals surface area contributed by atoms with Crippen LogP contribution in [0.2, 0.25) is 0 Å². The van der Waals surface area contributed by atoms with Gasteiger partial charge in [0.25, 0.3) is 6.43 Å². The number of alkyl halides is 2. The molecule has 270 valence electrons. The highest BCUT2D eigenvalue weighted by molar-refractivity contribution is 7.94. The highest BCUT2D eigenvalue weighted by Crippen LogP contribution is 2.32. The Morgan fingerprint density at radius 3 is 1.94 bits per heavy atom. The van der Waals surface area contributed by atoms with Crippen molar-refractivity contribution in [2.24, 2.45) is 5.90 Å². The standard InChI is InChI=1S/C17H14F3N3O3S.C17H12FN3O2S.FH/c1-24-16-7-2-10(8-13(16)18)15-9-14(17(19)20)22-23(15)11-3-5-12(6-4-11)27-26-25-21;1-24(22,23)16-8-2-12(3-9-16)17-10-14(11-19)20-21(17)15-6-4-13(18)5-7-15;/h2-9,17H,21H2,1H3;2-10H,1H3;1H. The van der Waals surface area contributed by atoms with Gasteiger partial charge in [0.1, 0.15) is 17.6 Å². The molecule has 6 aromatic rings. The molecule has 0 saturated carbocycles. The van der Waals surface area contributed by atoms with Crippen molar-refractivity contribution in [2.75, 3.05) is 13.4 Å². The maximum atomic E-state index is 14.1. The minimum Gasteiger partial charge on any atom is -0.494 e. The van der Waals surface area contributed by atoms with E-state index < -0.39 is 27.8 Å². The van der Waals surface area contributed by atoms with Crippen LogP contribution in [0.3, 0.4) is 0 Å². The van der Waals surface area contributed by atoms with Gasteiger partial charge >= 0.3 is 0 Å². The molecular weight excluding hydrogens is 732 g/mol. The highest BCUT2D eigenvalue weighted by Gasteiger charge is 2.19. The molecule has 0 amide bonds. The van der Waals surface area contributed by atoms with Crippen molar-refractivity contribution in [2.45, 2.75) is 16.2 Å². The van der Waals surface area contributed by atoms with Gasteiger partial charge in [-0.25, -0.2) is 35.3 Å². The number of hydrogen-bond donors (Lipinski definition) is 1. The summed E-state index contributed by atoms with van der Waals surface area (Å²) >= 11 is 0.881. The molecule has 6 rings (SSSR count). The van der Waals surface area contributed by atoms with E-state index in [0.717, 1.165) is 18.3 Å². The van der Waals surface area contributed by atoms with Crippen LogP contribution in [0.15, 0.2) is 113 Å². The third kappa shape index (κ3) is 9.20. The summed E-state index contributed by atoms with van der Waals surface area (Å²) in [6, 6.07) is 27.6. The van der Waals surface area contributed by atoms with E-state index >= 15 is 0 Å². The van der Waals surface area contributed by atoms with Crippen LogP contribution >= 0.6 is 12.0 Å². The lowest BCUT2D eigenvalue weighted by Crippen LogP contribution is -2.00. The molecule has 0 aliphatic rings. The fraction of sp³-hybridized carbons (Fsp3) is 0.0882. The summed E-state index contributed by atoms with van der Waals surface area (Å²) in [5.74, 6) is 3.86. The first kappa shape index (κ1) is 39.2. The van der Waals surface area contributed by atoms with Crippen LogP contribution < -0.4 is 10.6 Å². The quantitative estimate of drug-likeness (QED) is 0.0643. The van der Waals surface area contributed by atoms with E-state index in [4.69, 9.17) is 15.9 Å². The first-order valence-corrected chi connectivity index (χ1v) is 17.1. The van der Waals surface area contributed by atoms with E-state index in [2.05, 4.69) is 19.5 Å². The van der Waals surface area contributed by atoms with Crippen LogP contribution in [-0.4, -0.2) is 41.3 Å². The molecule has 0 bridgehead atoms. The van der Waals surface area contributed by atoms with Crippen molar-refractivity contribution < 1.29 is 44.7 Å². The number of aromatic nitrogens is 4. The predicted octanol–water partition coefficient (Wildman–Crippen LogP) is 7.56. The number of benzene rings is 4. The Hall–Kier alpha value is -5.58. The lowest BCUT2D eigenvalue weighted by molar-refractivity contribution is -0.195. The zero-order valence-electron chi connectivity index (χ0n) is 27.0. The highest BCUT2D eigenvalue weighted by atomic mass is 32.2. The average molecular weight is 759 g/mol. The summed E-state index contributed by atoms with van der Waals surface area (Å²) in [6.45, 7) is 0.